The van der Waals surface area contributed by atoms with Crippen molar-refractivity contribution in [3.63, 3.8) is 0 Å². The second-order valence-electron chi connectivity index (χ2n) is 4.39. The van der Waals surface area contributed by atoms with Crippen molar-refractivity contribution < 1.29 is 0 Å². The van der Waals surface area contributed by atoms with Crippen LogP contribution in [0.1, 0.15) is 67.2 Å². The van der Waals surface area contributed by atoms with Crippen molar-refractivity contribution in [2.24, 2.45) is 0 Å². The first kappa shape index (κ1) is 20.2. The molecular formula is C16H38N2. The van der Waals surface area contributed by atoms with E-state index in [1.807, 2.05) is 27.7 Å². The molecule has 1 heterocycles. The second kappa shape index (κ2) is 16.9. The molecule has 0 amide bonds. The van der Waals surface area contributed by atoms with Crippen LogP contribution in [-0.2, 0) is 0 Å². The molecule has 0 radical (unpaired) electrons. The molecule has 1 rings (SSSR count). The van der Waals surface area contributed by atoms with Gasteiger partial charge in [0.15, 0.2) is 0 Å². The Morgan fingerprint density at radius 2 is 0.889 bits per heavy atom. The zero-order valence-electron chi connectivity index (χ0n) is 14.0. The van der Waals surface area contributed by atoms with Gasteiger partial charge in [0.05, 0.1) is 0 Å². The first-order valence-corrected chi connectivity index (χ1v) is 8.31. The summed E-state index contributed by atoms with van der Waals surface area (Å²) < 4.78 is 0. The smallest absolute Gasteiger partial charge is 0.0110 e. The van der Waals surface area contributed by atoms with Gasteiger partial charge >= 0.3 is 0 Å². The van der Waals surface area contributed by atoms with Crippen LogP contribution in [0, 0.1) is 0 Å². The minimum absolute atomic E-state index is 1.30. The third-order valence-corrected chi connectivity index (χ3v) is 3.12. The number of nitrogens with zero attached hydrogens (tertiary/aromatic N) is 2. The maximum Gasteiger partial charge on any atom is 0.0110 e. The number of hydrogen-bond acceptors (Lipinski definition) is 2. The Bertz CT molecular complexity index is 113. The van der Waals surface area contributed by atoms with Gasteiger partial charge in [-0.25, -0.2) is 0 Å². The van der Waals surface area contributed by atoms with E-state index in [1.165, 1.54) is 65.0 Å². The lowest BCUT2D eigenvalue weighted by molar-refractivity contribution is 0.130. The summed E-state index contributed by atoms with van der Waals surface area (Å²) in [6, 6.07) is 0. The van der Waals surface area contributed by atoms with Crippen molar-refractivity contribution >= 4 is 0 Å². The number of rotatable bonds is 6. The zero-order chi connectivity index (χ0) is 14.2. The van der Waals surface area contributed by atoms with Crippen LogP contribution in [0.5, 0.6) is 0 Å². The molecule has 0 atom stereocenters. The molecule has 0 saturated carbocycles. The third kappa shape index (κ3) is 11.0. The summed E-state index contributed by atoms with van der Waals surface area (Å²) in [5.74, 6) is 0. The molecule has 1 fully saturated rings. The standard InChI is InChI=1S/C12H26N2.2C2H6/c1-3-5-7-13-9-11-14(12-10-13)8-6-4-2;2*1-2/h3-12H2,1-2H3;2*1-2H3. The third-order valence-electron chi connectivity index (χ3n) is 3.12. The van der Waals surface area contributed by atoms with Crippen molar-refractivity contribution in [2.75, 3.05) is 39.3 Å². The maximum absolute atomic E-state index is 2.62. The highest BCUT2D eigenvalue weighted by Crippen LogP contribution is 2.04. The van der Waals surface area contributed by atoms with Crippen molar-refractivity contribution in [3.05, 3.63) is 0 Å². The van der Waals surface area contributed by atoms with E-state index in [-0.39, 0.29) is 0 Å². The molecule has 0 aromatic carbocycles. The van der Waals surface area contributed by atoms with E-state index in [2.05, 4.69) is 23.6 Å². The SMILES string of the molecule is CC.CC.CCCCN1CCN(CCCC)CC1. The molecule has 1 aliphatic heterocycles. The Kier molecular flexibility index (Phi) is 19.0. The predicted molar refractivity (Wildman–Crippen MR) is 85.4 cm³/mol. The largest absolute Gasteiger partial charge is 0.301 e. The fraction of sp³-hybridized carbons (Fsp3) is 1.00. The van der Waals surface area contributed by atoms with Crippen LogP contribution >= 0.6 is 0 Å². The number of hydrogen-bond donors (Lipinski definition) is 0. The summed E-state index contributed by atoms with van der Waals surface area (Å²) in [6.45, 7) is 20.4. The molecule has 1 saturated heterocycles. The average Bonchev–Trinajstić information content (AvgIpc) is 2.48. The van der Waals surface area contributed by atoms with Gasteiger partial charge in [0.1, 0.15) is 0 Å². The van der Waals surface area contributed by atoms with Gasteiger partial charge in [0.2, 0.25) is 0 Å². The molecular weight excluding hydrogens is 220 g/mol. The molecule has 1 aliphatic rings. The van der Waals surface area contributed by atoms with E-state index in [4.69, 9.17) is 0 Å². The van der Waals surface area contributed by atoms with Crippen LogP contribution in [0.2, 0.25) is 0 Å². The van der Waals surface area contributed by atoms with Gasteiger partial charge in [-0.2, -0.15) is 0 Å². The lowest BCUT2D eigenvalue weighted by Crippen LogP contribution is -2.46. The molecule has 0 unspecified atom stereocenters. The van der Waals surface area contributed by atoms with E-state index in [9.17, 15) is 0 Å². The van der Waals surface area contributed by atoms with Gasteiger partial charge in [-0.05, 0) is 25.9 Å². The van der Waals surface area contributed by atoms with E-state index in [1.54, 1.807) is 0 Å². The summed E-state index contributed by atoms with van der Waals surface area (Å²) in [6.07, 6.45) is 5.40. The van der Waals surface area contributed by atoms with Crippen LogP contribution in [0.4, 0.5) is 0 Å². The van der Waals surface area contributed by atoms with Crippen molar-refractivity contribution in [2.45, 2.75) is 67.2 Å². The molecule has 2 nitrogen and oxygen atoms in total. The Morgan fingerprint density at radius 1 is 0.611 bits per heavy atom. The first-order valence-electron chi connectivity index (χ1n) is 8.31. The quantitative estimate of drug-likeness (QED) is 0.702. The van der Waals surface area contributed by atoms with Gasteiger partial charge in [-0.1, -0.05) is 54.4 Å². The first-order chi connectivity index (χ1) is 8.86. The lowest BCUT2D eigenvalue weighted by Gasteiger charge is -2.34. The Morgan fingerprint density at radius 3 is 1.11 bits per heavy atom. The minimum atomic E-state index is 1.30. The summed E-state index contributed by atoms with van der Waals surface area (Å²) in [5.41, 5.74) is 0. The fourth-order valence-electron chi connectivity index (χ4n) is 2.00. The van der Waals surface area contributed by atoms with Crippen LogP contribution in [0.25, 0.3) is 0 Å². The van der Waals surface area contributed by atoms with Crippen LogP contribution in [-0.4, -0.2) is 49.1 Å². The topological polar surface area (TPSA) is 6.48 Å². The Balaban J connectivity index is 0. The Hall–Kier alpha value is -0.0800. The summed E-state index contributed by atoms with van der Waals surface area (Å²) in [4.78, 5) is 5.23. The highest BCUT2D eigenvalue weighted by Gasteiger charge is 2.14. The molecule has 0 spiro atoms. The highest BCUT2D eigenvalue weighted by atomic mass is 15.3. The molecule has 0 aliphatic carbocycles. The molecule has 0 bridgehead atoms. The molecule has 2 heteroatoms. The van der Waals surface area contributed by atoms with Crippen LogP contribution in [0.3, 0.4) is 0 Å². The van der Waals surface area contributed by atoms with Crippen LogP contribution < -0.4 is 0 Å². The Labute approximate surface area is 117 Å². The number of unbranched alkanes of at least 4 members (excludes halogenated alkanes) is 2. The van der Waals surface area contributed by atoms with Gasteiger partial charge in [0.25, 0.3) is 0 Å². The molecule has 112 valence electrons. The van der Waals surface area contributed by atoms with Gasteiger partial charge in [0, 0.05) is 26.2 Å². The lowest BCUT2D eigenvalue weighted by atomic mass is 10.2. The van der Waals surface area contributed by atoms with E-state index < -0.39 is 0 Å². The summed E-state index contributed by atoms with van der Waals surface area (Å²) in [5, 5.41) is 0. The highest BCUT2D eigenvalue weighted by molar-refractivity contribution is 4.71. The van der Waals surface area contributed by atoms with E-state index in [0.717, 1.165) is 0 Å². The van der Waals surface area contributed by atoms with E-state index in [0.29, 0.717) is 0 Å². The zero-order valence-corrected chi connectivity index (χ0v) is 14.0. The molecule has 0 N–H and O–H groups in total. The second-order valence-corrected chi connectivity index (χ2v) is 4.39. The predicted octanol–water partition coefficient (Wildman–Crippen LogP) is 4.26. The maximum atomic E-state index is 2.62. The van der Waals surface area contributed by atoms with Crippen molar-refractivity contribution in [1.82, 2.24) is 9.80 Å². The number of piperazine rings is 1. The van der Waals surface area contributed by atoms with Crippen molar-refractivity contribution in [1.29, 1.82) is 0 Å². The monoisotopic (exact) mass is 258 g/mol. The minimum Gasteiger partial charge on any atom is -0.301 e. The van der Waals surface area contributed by atoms with E-state index >= 15 is 0 Å². The molecule has 0 aromatic heterocycles. The fourth-order valence-corrected chi connectivity index (χ4v) is 2.00. The van der Waals surface area contributed by atoms with Gasteiger partial charge in [-0.15, -0.1) is 0 Å². The summed E-state index contributed by atoms with van der Waals surface area (Å²) in [7, 11) is 0. The molecule has 18 heavy (non-hydrogen) atoms. The summed E-state index contributed by atoms with van der Waals surface area (Å²) >= 11 is 0. The van der Waals surface area contributed by atoms with Crippen LogP contribution in [0.15, 0.2) is 0 Å². The normalized spacial score (nSPS) is 16.3. The molecule has 0 aromatic rings. The van der Waals surface area contributed by atoms with Gasteiger partial charge in [-0.3, -0.25) is 0 Å². The van der Waals surface area contributed by atoms with Crippen molar-refractivity contribution in [3.8, 4) is 0 Å². The van der Waals surface area contributed by atoms with Gasteiger partial charge < -0.3 is 9.80 Å². The average molecular weight is 258 g/mol.